The Morgan fingerprint density at radius 2 is 2.20 bits per heavy atom. The lowest BCUT2D eigenvalue weighted by Crippen LogP contribution is -1.34. The minimum absolute atomic E-state index is 1.50. The minimum atomic E-state index is 1.50. The highest BCUT2D eigenvalue weighted by Gasteiger charge is 1.42. The zero-order valence-corrected chi connectivity index (χ0v) is 3.31. The highest BCUT2D eigenvalue weighted by atomic mass is 13.5. The first-order valence-electron chi connectivity index (χ1n) is 1.58. The average Bonchev–Trinajstić information content (AvgIpc) is 1.41. The summed E-state index contributed by atoms with van der Waals surface area (Å²) < 4.78 is 0. The fourth-order valence-corrected chi connectivity index (χ4v) is 0.111. The van der Waals surface area contributed by atoms with E-state index in [1.165, 1.54) is 6.08 Å². The van der Waals surface area contributed by atoms with Crippen molar-refractivity contribution >= 4 is 0 Å². The van der Waals surface area contributed by atoms with E-state index >= 15 is 0 Å². The molecule has 0 saturated heterocycles. The van der Waals surface area contributed by atoms with E-state index in [0.29, 0.717) is 0 Å². The summed E-state index contributed by atoms with van der Waals surface area (Å²) in [7, 11) is 0. The lowest BCUT2D eigenvalue weighted by molar-refractivity contribution is 1.74. The van der Waals surface area contributed by atoms with Crippen molar-refractivity contribution in [3.05, 3.63) is 24.8 Å². The van der Waals surface area contributed by atoms with Gasteiger partial charge in [-0.25, -0.2) is 0 Å². The molecule has 0 aliphatic rings. The van der Waals surface area contributed by atoms with Crippen LogP contribution in [0.5, 0.6) is 0 Å². The topological polar surface area (TPSA) is 0 Å². The van der Waals surface area contributed by atoms with Gasteiger partial charge in [0.25, 0.3) is 0 Å². The third-order valence-corrected chi connectivity index (χ3v) is 0.304. The second kappa shape index (κ2) is 3.48. The van der Waals surface area contributed by atoms with E-state index in [1.54, 1.807) is 6.08 Å². The van der Waals surface area contributed by atoms with Crippen LogP contribution in [0.4, 0.5) is 0 Å². The molecule has 0 aromatic rings. The lowest BCUT2D eigenvalue weighted by Gasteiger charge is -1.55. The summed E-state index contributed by atoms with van der Waals surface area (Å²) in [6.07, 6.45) is 5.15. The molecule has 1 radical (unpaired) electrons. The molecular weight excluding hydrogens is 60.1 g/mol. The van der Waals surface area contributed by atoms with Crippen LogP contribution in [0.2, 0.25) is 0 Å². The molecule has 0 nitrogen and oxygen atoms in total. The van der Waals surface area contributed by atoms with Gasteiger partial charge in [0.1, 0.15) is 0 Å². The zero-order chi connectivity index (χ0) is 4.12. The fraction of sp³-hybridized carbons (Fsp3) is 0.200. The van der Waals surface area contributed by atoms with E-state index in [2.05, 4.69) is 0 Å². The maximum atomic E-state index is 4.93. The fourth-order valence-electron chi connectivity index (χ4n) is 0.111. The van der Waals surface area contributed by atoms with Gasteiger partial charge in [-0.1, -0.05) is 24.8 Å². The Kier molecular flexibility index (Phi) is 3.12. The average molecular weight is 67.1 g/mol. The molecule has 0 heteroatoms. The van der Waals surface area contributed by atoms with E-state index in [9.17, 15) is 0 Å². The molecule has 0 aromatic carbocycles. The van der Waals surface area contributed by atoms with Crippen molar-refractivity contribution in [2.45, 2.75) is 6.92 Å². The Labute approximate surface area is 32.8 Å². The Morgan fingerprint density at radius 1 is 1.60 bits per heavy atom. The van der Waals surface area contributed by atoms with Crippen LogP contribution in [0.25, 0.3) is 0 Å². The first kappa shape index (κ1) is 4.48. The van der Waals surface area contributed by atoms with Crippen molar-refractivity contribution in [1.29, 1.82) is 0 Å². The maximum absolute atomic E-state index is 4.93. The van der Waals surface area contributed by atoms with E-state index in [-0.39, 0.29) is 0 Å². The van der Waals surface area contributed by atoms with Gasteiger partial charge in [0.2, 0.25) is 0 Å². The van der Waals surface area contributed by atoms with Crippen molar-refractivity contribution in [2.24, 2.45) is 0 Å². The van der Waals surface area contributed by atoms with E-state index in [0.717, 1.165) is 0 Å². The molecule has 0 spiro atoms. The van der Waals surface area contributed by atoms with Gasteiger partial charge in [0.15, 0.2) is 0 Å². The summed E-state index contributed by atoms with van der Waals surface area (Å²) >= 11 is 0. The summed E-state index contributed by atoms with van der Waals surface area (Å²) in [4.78, 5) is 0. The van der Waals surface area contributed by atoms with E-state index < -0.39 is 0 Å². The maximum Gasteiger partial charge on any atom is -0.0467 e. The monoisotopic (exact) mass is 67.1 g/mol. The molecule has 0 aliphatic carbocycles. The minimum Gasteiger partial charge on any atom is -0.0877 e. The normalized spacial score (nSPS) is 9.00. The van der Waals surface area contributed by atoms with Gasteiger partial charge in [-0.2, -0.15) is 0 Å². The molecule has 27 valence electrons. The van der Waals surface area contributed by atoms with Crippen LogP contribution < -0.4 is 0 Å². The molecule has 0 aromatic heterocycles. The van der Waals surface area contributed by atoms with Crippen LogP contribution in [0.1, 0.15) is 6.92 Å². The molecule has 0 saturated carbocycles. The standard InChI is InChI=1S/C5H7/c1-3-5-4-2/h1,3-5H,2H3/b3-1?,5-4+. The number of allylic oxidation sites excluding steroid dienone is 3. The van der Waals surface area contributed by atoms with Crippen LogP contribution in [-0.4, -0.2) is 0 Å². The van der Waals surface area contributed by atoms with E-state index in [4.69, 9.17) is 6.58 Å². The highest BCUT2D eigenvalue weighted by molar-refractivity contribution is 4.92. The molecule has 0 heterocycles. The van der Waals surface area contributed by atoms with Gasteiger partial charge < -0.3 is 0 Å². The molecule has 5 heavy (non-hydrogen) atoms. The SMILES string of the molecule is [CH]=C/C=C/C. The van der Waals surface area contributed by atoms with Crippen LogP contribution in [0.3, 0.4) is 0 Å². The quantitative estimate of drug-likeness (QED) is 0.408. The van der Waals surface area contributed by atoms with Gasteiger partial charge in [0.05, 0.1) is 0 Å². The van der Waals surface area contributed by atoms with Crippen molar-refractivity contribution in [3.63, 3.8) is 0 Å². The van der Waals surface area contributed by atoms with Gasteiger partial charge in [0, 0.05) is 0 Å². The van der Waals surface area contributed by atoms with Crippen molar-refractivity contribution in [3.8, 4) is 0 Å². The summed E-state index contributed by atoms with van der Waals surface area (Å²) in [6.45, 7) is 6.85. The van der Waals surface area contributed by atoms with Crippen LogP contribution in [-0.2, 0) is 0 Å². The van der Waals surface area contributed by atoms with Gasteiger partial charge in [-0.3, -0.25) is 0 Å². The van der Waals surface area contributed by atoms with Crippen molar-refractivity contribution in [2.75, 3.05) is 0 Å². The zero-order valence-electron chi connectivity index (χ0n) is 3.31. The number of rotatable bonds is 1. The summed E-state index contributed by atoms with van der Waals surface area (Å²) in [5, 5.41) is 0. The first-order chi connectivity index (χ1) is 2.41. The predicted molar refractivity (Wildman–Crippen MR) is 23.7 cm³/mol. The first-order valence-corrected chi connectivity index (χ1v) is 1.58. The molecule has 0 N–H and O–H groups in total. The Balaban J connectivity index is 2.92. The molecule has 0 amide bonds. The van der Waals surface area contributed by atoms with Gasteiger partial charge in [-0.15, -0.1) is 0 Å². The van der Waals surface area contributed by atoms with Gasteiger partial charge >= 0.3 is 0 Å². The van der Waals surface area contributed by atoms with E-state index in [1.807, 2.05) is 13.0 Å². The largest absolute Gasteiger partial charge is 0.0877 e. The summed E-state index contributed by atoms with van der Waals surface area (Å²) in [6, 6.07) is 0. The second-order valence-electron chi connectivity index (χ2n) is 0.718. The molecule has 0 unspecified atom stereocenters. The third kappa shape index (κ3) is 3.48. The number of hydrogen-bond acceptors (Lipinski definition) is 0. The second-order valence-corrected chi connectivity index (χ2v) is 0.718. The van der Waals surface area contributed by atoms with Crippen LogP contribution >= 0.6 is 0 Å². The summed E-state index contributed by atoms with van der Waals surface area (Å²) in [5.74, 6) is 0. The third-order valence-electron chi connectivity index (χ3n) is 0.304. The lowest BCUT2D eigenvalue weighted by atomic mass is 10.5. The van der Waals surface area contributed by atoms with Crippen molar-refractivity contribution in [1.82, 2.24) is 0 Å². The molecule has 0 rings (SSSR count). The molecule has 0 atom stereocenters. The smallest absolute Gasteiger partial charge is 0.0467 e. The molecule has 0 aliphatic heterocycles. The van der Waals surface area contributed by atoms with Crippen LogP contribution in [0, 0.1) is 6.58 Å². The molecular formula is C5H7. The molecule has 0 fully saturated rings. The summed E-state index contributed by atoms with van der Waals surface area (Å²) in [5.41, 5.74) is 0. The highest BCUT2D eigenvalue weighted by Crippen LogP contribution is 1.64. The van der Waals surface area contributed by atoms with Crippen LogP contribution in [0.15, 0.2) is 18.2 Å². The molecule has 0 bridgehead atoms. The Bertz CT molecular complexity index is 42.0. The predicted octanol–water partition coefficient (Wildman–Crippen LogP) is 1.55. The van der Waals surface area contributed by atoms with Crippen molar-refractivity contribution < 1.29 is 0 Å². The Morgan fingerprint density at radius 3 is 2.20 bits per heavy atom. The number of hydrogen-bond donors (Lipinski definition) is 0. The van der Waals surface area contributed by atoms with Gasteiger partial charge in [-0.05, 0) is 6.92 Å². The Hall–Kier alpha value is -0.520.